The summed E-state index contributed by atoms with van der Waals surface area (Å²) in [5, 5.41) is 0. The third kappa shape index (κ3) is 3.82. The zero-order chi connectivity index (χ0) is 30.6. The van der Waals surface area contributed by atoms with Crippen LogP contribution in [0, 0.1) is 56.7 Å². The van der Waals surface area contributed by atoms with Gasteiger partial charge in [0.2, 0.25) is 5.91 Å². The Balaban J connectivity index is 1.39. The molecule has 0 spiro atoms. The van der Waals surface area contributed by atoms with Crippen LogP contribution in [-0.4, -0.2) is 41.8 Å². The van der Waals surface area contributed by atoms with Gasteiger partial charge in [0, 0.05) is 43.2 Å². The maximum absolute atomic E-state index is 13.9. The van der Waals surface area contributed by atoms with Gasteiger partial charge in [0.05, 0.1) is 0 Å². The number of hydrogen-bond acceptors (Lipinski definition) is 4. The highest BCUT2D eigenvalue weighted by Crippen LogP contribution is 2.77. The van der Waals surface area contributed by atoms with Crippen LogP contribution in [0.3, 0.4) is 0 Å². The van der Waals surface area contributed by atoms with E-state index in [-0.39, 0.29) is 56.9 Å². The van der Waals surface area contributed by atoms with Gasteiger partial charge in [-0.1, -0.05) is 61.0 Å². The molecule has 234 valence electrons. The van der Waals surface area contributed by atoms with E-state index in [1.54, 1.807) is 6.92 Å². The fourth-order valence-corrected chi connectivity index (χ4v) is 12.7. The minimum Gasteiger partial charge on any atom is -0.462 e. The Bertz CT molecular complexity index is 1210. The molecule has 0 radical (unpaired) electrons. The second kappa shape index (κ2) is 9.67. The molecule has 0 N–H and O–H groups in total. The molecule has 2 unspecified atom stereocenters. The number of fused-ring (bicyclic) bond motifs is 7. The Morgan fingerprint density at radius 1 is 0.857 bits per heavy atom. The van der Waals surface area contributed by atoms with Crippen LogP contribution >= 0.6 is 0 Å². The summed E-state index contributed by atoms with van der Waals surface area (Å²) in [7, 11) is 0. The van der Waals surface area contributed by atoms with Gasteiger partial charge < -0.3 is 9.64 Å². The highest BCUT2D eigenvalue weighted by molar-refractivity contribution is 6.01. The summed E-state index contributed by atoms with van der Waals surface area (Å²) < 4.78 is 5.93. The van der Waals surface area contributed by atoms with Crippen molar-refractivity contribution >= 4 is 17.7 Å². The number of carbonyl (C=O) groups excluding carboxylic acids is 3. The van der Waals surface area contributed by atoms with E-state index in [9.17, 15) is 14.4 Å². The summed E-state index contributed by atoms with van der Waals surface area (Å²) in [6.45, 7) is 22.4. The van der Waals surface area contributed by atoms with Crippen molar-refractivity contribution in [2.45, 2.75) is 133 Å². The van der Waals surface area contributed by atoms with E-state index in [1.807, 2.05) is 4.90 Å². The molecule has 0 bridgehead atoms. The molecule has 5 fully saturated rings. The fourth-order valence-electron chi connectivity index (χ4n) is 12.7. The van der Waals surface area contributed by atoms with E-state index in [0.29, 0.717) is 30.0 Å². The van der Waals surface area contributed by atoms with E-state index in [1.165, 1.54) is 24.8 Å². The van der Waals surface area contributed by atoms with Crippen molar-refractivity contribution in [3.8, 4) is 0 Å². The van der Waals surface area contributed by atoms with Crippen molar-refractivity contribution in [3.05, 3.63) is 11.1 Å². The first kappa shape index (κ1) is 30.4. The van der Waals surface area contributed by atoms with Crippen LogP contribution in [0.25, 0.3) is 0 Å². The number of amides is 1. The summed E-state index contributed by atoms with van der Waals surface area (Å²) in [4.78, 5) is 41.7. The minimum atomic E-state index is -0.304. The second-order valence-corrected chi connectivity index (χ2v) is 17.2. The van der Waals surface area contributed by atoms with Crippen LogP contribution in [0.5, 0.6) is 0 Å². The highest BCUT2D eigenvalue weighted by atomic mass is 16.5. The summed E-state index contributed by atoms with van der Waals surface area (Å²) in [5.74, 6) is 2.01. The number of nitrogens with zero attached hydrogens (tertiary/aromatic N) is 1. The molecule has 42 heavy (non-hydrogen) atoms. The molecule has 1 heterocycles. The van der Waals surface area contributed by atoms with Crippen molar-refractivity contribution < 1.29 is 19.1 Å². The van der Waals surface area contributed by atoms with Crippen molar-refractivity contribution in [2.75, 3.05) is 13.1 Å². The molecular formula is C37H57NO4. The molecule has 1 saturated heterocycles. The smallest absolute Gasteiger partial charge is 0.302 e. The van der Waals surface area contributed by atoms with E-state index >= 15 is 0 Å². The van der Waals surface area contributed by atoms with Crippen molar-refractivity contribution in [3.63, 3.8) is 0 Å². The average molecular weight is 580 g/mol. The number of ketones is 1. The lowest BCUT2D eigenvalue weighted by molar-refractivity contribution is -0.233. The monoisotopic (exact) mass is 579 g/mol. The molecule has 1 aliphatic heterocycles. The van der Waals surface area contributed by atoms with E-state index < -0.39 is 0 Å². The van der Waals surface area contributed by atoms with Gasteiger partial charge in [-0.05, 0) is 103 Å². The summed E-state index contributed by atoms with van der Waals surface area (Å²) >= 11 is 0. The third-order valence-corrected chi connectivity index (χ3v) is 15.1. The molecule has 5 nitrogen and oxygen atoms in total. The maximum Gasteiger partial charge on any atom is 0.302 e. The first-order valence-electron chi connectivity index (χ1n) is 17.3. The van der Waals surface area contributed by atoms with Gasteiger partial charge in [-0.25, -0.2) is 0 Å². The Kier molecular flexibility index (Phi) is 7.00. The van der Waals surface area contributed by atoms with Gasteiger partial charge in [0.25, 0.3) is 0 Å². The van der Waals surface area contributed by atoms with Gasteiger partial charge in [0.15, 0.2) is 5.78 Å². The number of ether oxygens (including phenoxy) is 1. The molecule has 0 aromatic rings. The highest BCUT2D eigenvalue weighted by Gasteiger charge is 2.71. The zero-order valence-electron chi connectivity index (χ0n) is 28.0. The lowest BCUT2D eigenvalue weighted by Crippen LogP contribution is -2.66. The lowest BCUT2D eigenvalue weighted by Gasteiger charge is -2.72. The first-order valence-corrected chi connectivity index (χ1v) is 17.3. The van der Waals surface area contributed by atoms with Crippen LogP contribution in [0.15, 0.2) is 11.1 Å². The Hall–Kier alpha value is -1.65. The molecule has 4 saturated carbocycles. The van der Waals surface area contributed by atoms with Gasteiger partial charge >= 0.3 is 5.97 Å². The van der Waals surface area contributed by atoms with Crippen LogP contribution in [0.4, 0.5) is 0 Å². The van der Waals surface area contributed by atoms with Crippen LogP contribution in [0.1, 0.15) is 127 Å². The summed E-state index contributed by atoms with van der Waals surface area (Å²) in [6.07, 6.45) is 10.4. The number of esters is 1. The predicted octanol–water partition coefficient (Wildman–Crippen LogP) is 7.77. The Morgan fingerprint density at radius 3 is 2.14 bits per heavy atom. The Morgan fingerprint density at radius 2 is 1.55 bits per heavy atom. The van der Waals surface area contributed by atoms with Gasteiger partial charge in [-0.15, -0.1) is 0 Å². The molecule has 6 aliphatic rings. The predicted molar refractivity (Wildman–Crippen MR) is 165 cm³/mol. The number of allylic oxidation sites excluding steroid dienone is 2. The third-order valence-electron chi connectivity index (χ3n) is 15.1. The molecular weight excluding hydrogens is 522 g/mol. The van der Waals surface area contributed by atoms with Crippen molar-refractivity contribution in [1.82, 2.24) is 4.90 Å². The molecule has 0 aromatic heterocycles. The number of Topliss-reactive ketones (excluding diaryl/α,β-unsaturated/α-hetero) is 1. The fraction of sp³-hybridized carbons (Fsp3) is 0.865. The molecule has 9 atom stereocenters. The maximum atomic E-state index is 13.9. The minimum absolute atomic E-state index is 0.00616. The molecule has 5 aliphatic carbocycles. The largest absolute Gasteiger partial charge is 0.462 e. The molecule has 0 aromatic carbocycles. The first-order chi connectivity index (χ1) is 19.5. The van der Waals surface area contributed by atoms with Crippen LogP contribution < -0.4 is 0 Å². The van der Waals surface area contributed by atoms with Crippen LogP contribution in [-0.2, 0) is 19.1 Å². The number of likely N-dealkylation sites (tertiary alicyclic amines) is 1. The SMILES string of the molecule is CC(=O)O[C@H]1CCC2(C)[C@H]3CCC4C5=C(C(C)C)C(=O)C[C@]5([C@@H](C)C(=O)N5CCC5)CC[C@@]4(C)[C@]3(C)CC[C@H]2C1(C)C. The average Bonchev–Trinajstić information content (AvgIpc) is 3.17. The standard InChI is InChI=1S/C37H57NO4/c1-22(2)30-26(40)21-37(23(3)32(41)38-19-10-20-38)18-17-35(8)25(31(30)37)11-12-28-34(7)15-14-29(42-24(4)39)33(5,6)27(34)13-16-36(28,35)9/h22-23,25,27-29H,10-21H2,1-9H3/t23-,25?,27-,28+,29-,34?,35+,36+,37-/m0/s1. The number of carbonyl (C=O) groups is 3. The van der Waals surface area contributed by atoms with Crippen LogP contribution in [0.2, 0.25) is 0 Å². The number of rotatable bonds is 4. The zero-order valence-corrected chi connectivity index (χ0v) is 28.0. The van der Waals surface area contributed by atoms with Gasteiger partial charge in [-0.3, -0.25) is 14.4 Å². The van der Waals surface area contributed by atoms with Crippen molar-refractivity contribution in [2.24, 2.45) is 56.7 Å². The van der Waals surface area contributed by atoms with E-state index in [0.717, 1.165) is 57.2 Å². The van der Waals surface area contributed by atoms with E-state index in [2.05, 4.69) is 55.4 Å². The number of hydrogen-bond donors (Lipinski definition) is 0. The van der Waals surface area contributed by atoms with Gasteiger partial charge in [0.1, 0.15) is 6.10 Å². The van der Waals surface area contributed by atoms with E-state index in [4.69, 9.17) is 4.74 Å². The quantitative estimate of drug-likeness (QED) is 0.319. The summed E-state index contributed by atoms with van der Waals surface area (Å²) in [6, 6.07) is 0. The van der Waals surface area contributed by atoms with Gasteiger partial charge in [-0.2, -0.15) is 0 Å². The second-order valence-electron chi connectivity index (χ2n) is 17.2. The lowest BCUT2D eigenvalue weighted by atomic mass is 9.32. The van der Waals surface area contributed by atoms with Crippen molar-refractivity contribution in [1.29, 1.82) is 0 Å². The topological polar surface area (TPSA) is 63.7 Å². The summed E-state index contributed by atoms with van der Waals surface area (Å²) in [5.41, 5.74) is 2.63. The molecule has 5 heteroatoms. The normalized spacial score (nSPS) is 44.9. The molecule has 1 amide bonds. The Labute approximate surface area is 255 Å². The molecule has 6 rings (SSSR count).